The normalized spacial score (nSPS) is 16.1. The van der Waals surface area contributed by atoms with E-state index in [2.05, 4.69) is 4.72 Å². The first-order valence-electron chi connectivity index (χ1n) is 8.40. The number of carbonyl (C=O) groups is 1. The molecule has 2 aromatic rings. The molecule has 1 saturated heterocycles. The molecule has 5 nitrogen and oxygen atoms in total. The van der Waals surface area contributed by atoms with Crippen LogP contribution in [-0.4, -0.2) is 38.9 Å². The minimum atomic E-state index is -3.60. The molecule has 1 N–H and O–H groups in total. The van der Waals surface area contributed by atoms with E-state index in [0.29, 0.717) is 12.1 Å². The average Bonchev–Trinajstić information content (AvgIpc) is 3.31. The molecule has 0 spiro atoms. The summed E-state index contributed by atoms with van der Waals surface area (Å²) < 4.78 is 27.8. The van der Waals surface area contributed by atoms with Crippen LogP contribution in [0.4, 0.5) is 0 Å². The van der Waals surface area contributed by atoms with Crippen LogP contribution in [0.25, 0.3) is 0 Å². The fourth-order valence-electron chi connectivity index (χ4n) is 2.88. The van der Waals surface area contributed by atoms with E-state index in [4.69, 9.17) is 0 Å². The highest BCUT2D eigenvalue weighted by molar-refractivity contribution is 7.91. The lowest BCUT2D eigenvalue weighted by atomic mass is 10.0. The molecule has 25 heavy (non-hydrogen) atoms. The van der Waals surface area contributed by atoms with E-state index < -0.39 is 10.0 Å². The molecule has 1 atom stereocenters. The van der Waals surface area contributed by atoms with Crippen molar-refractivity contribution in [2.75, 3.05) is 19.6 Å². The number of hydrogen-bond acceptors (Lipinski definition) is 4. The summed E-state index contributed by atoms with van der Waals surface area (Å²) in [6.07, 6.45) is 2.03. The van der Waals surface area contributed by atoms with Crippen LogP contribution in [0.2, 0.25) is 0 Å². The molecule has 3 rings (SSSR count). The van der Waals surface area contributed by atoms with Gasteiger partial charge in [-0.05, 0) is 30.4 Å². The second-order valence-corrected chi connectivity index (χ2v) is 9.22. The van der Waals surface area contributed by atoms with Gasteiger partial charge in [-0.1, -0.05) is 37.3 Å². The van der Waals surface area contributed by atoms with Gasteiger partial charge in [0.2, 0.25) is 10.0 Å². The van der Waals surface area contributed by atoms with E-state index in [1.54, 1.807) is 10.3 Å². The molecule has 0 saturated carbocycles. The quantitative estimate of drug-likeness (QED) is 0.840. The molecular formula is C18H22N2O3S2. The van der Waals surface area contributed by atoms with Gasteiger partial charge < -0.3 is 4.90 Å². The fraction of sp³-hybridized carbons (Fsp3) is 0.389. The van der Waals surface area contributed by atoms with Gasteiger partial charge in [0, 0.05) is 25.0 Å². The fourth-order valence-corrected chi connectivity index (χ4v) is 5.21. The molecule has 0 radical (unpaired) electrons. The lowest BCUT2D eigenvalue weighted by Crippen LogP contribution is -2.28. The smallest absolute Gasteiger partial charge is 0.254 e. The molecule has 1 aliphatic heterocycles. The molecule has 1 aliphatic rings. The summed E-state index contributed by atoms with van der Waals surface area (Å²) in [6, 6.07) is 11.3. The van der Waals surface area contributed by atoms with Gasteiger partial charge in [0.05, 0.1) is 5.56 Å². The molecular weight excluding hydrogens is 356 g/mol. The van der Waals surface area contributed by atoms with Crippen molar-refractivity contribution in [1.29, 1.82) is 0 Å². The highest BCUT2D eigenvalue weighted by Gasteiger charge is 2.24. The van der Waals surface area contributed by atoms with Crippen molar-refractivity contribution in [2.24, 2.45) is 0 Å². The number of nitrogens with zero attached hydrogens (tertiary/aromatic N) is 1. The van der Waals surface area contributed by atoms with Crippen molar-refractivity contribution in [2.45, 2.75) is 29.9 Å². The summed E-state index contributed by atoms with van der Waals surface area (Å²) in [7, 11) is -3.60. The van der Waals surface area contributed by atoms with Crippen LogP contribution in [0.1, 0.15) is 41.6 Å². The molecule has 7 heteroatoms. The second kappa shape index (κ2) is 7.68. The Balaban J connectivity index is 1.65. The first-order valence-corrected chi connectivity index (χ1v) is 10.8. The Morgan fingerprint density at radius 1 is 1.24 bits per heavy atom. The van der Waals surface area contributed by atoms with Crippen molar-refractivity contribution >= 4 is 27.3 Å². The lowest BCUT2D eigenvalue weighted by Gasteiger charge is -2.14. The van der Waals surface area contributed by atoms with Crippen LogP contribution in [-0.2, 0) is 10.0 Å². The largest absolute Gasteiger partial charge is 0.339 e. The van der Waals surface area contributed by atoms with Crippen molar-refractivity contribution < 1.29 is 13.2 Å². The number of benzene rings is 1. The average molecular weight is 379 g/mol. The number of thiophene rings is 1. The molecule has 0 aliphatic carbocycles. The highest BCUT2D eigenvalue weighted by Crippen LogP contribution is 2.23. The number of likely N-dealkylation sites (tertiary alicyclic amines) is 1. The Hall–Kier alpha value is -1.70. The summed E-state index contributed by atoms with van der Waals surface area (Å²) in [4.78, 5) is 14.1. The molecule has 0 bridgehead atoms. The topological polar surface area (TPSA) is 66.5 Å². The van der Waals surface area contributed by atoms with E-state index in [-0.39, 0.29) is 16.0 Å². The SMILES string of the molecule is C[C@H](CNS(=O)(=O)c1cc(C(=O)N2CCCC2)cs1)c1ccccc1. The molecule has 2 heterocycles. The van der Waals surface area contributed by atoms with Gasteiger partial charge in [-0.3, -0.25) is 4.79 Å². The Morgan fingerprint density at radius 2 is 1.92 bits per heavy atom. The first-order chi connectivity index (χ1) is 12.0. The Labute approximate surface area is 152 Å². The van der Waals surface area contributed by atoms with Crippen LogP contribution >= 0.6 is 11.3 Å². The third-order valence-corrected chi connectivity index (χ3v) is 7.29. The number of hydrogen-bond donors (Lipinski definition) is 1. The predicted octanol–water partition coefficient (Wildman–Crippen LogP) is 3.07. The van der Waals surface area contributed by atoms with Gasteiger partial charge in [-0.15, -0.1) is 11.3 Å². The van der Waals surface area contributed by atoms with E-state index >= 15 is 0 Å². The van der Waals surface area contributed by atoms with Gasteiger partial charge in [0.15, 0.2) is 0 Å². The van der Waals surface area contributed by atoms with E-state index in [1.807, 2.05) is 37.3 Å². The monoisotopic (exact) mass is 378 g/mol. The summed E-state index contributed by atoms with van der Waals surface area (Å²) in [6.45, 7) is 3.81. The van der Waals surface area contributed by atoms with E-state index in [9.17, 15) is 13.2 Å². The molecule has 1 aromatic carbocycles. The van der Waals surface area contributed by atoms with E-state index in [1.165, 1.54) is 6.07 Å². The Kier molecular flexibility index (Phi) is 5.56. The number of rotatable bonds is 6. The Morgan fingerprint density at radius 3 is 2.60 bits per heavy atom. The number of amides is 1. The number of sulfonamides is 1. The summed E-state index contributed by atoms with van der Waals surface area (Å²) in [5, 5.41) is 1.63. The molecule has 134 valence electrons. The maximum absolute atomic E-state index is 12.5. The Bertz CT molecular complexity index is 825. The third kappa shape index (κ3) is 4.29. The zero-order chi connectivity index (χ0) is 17.9. The van der Waals surface area contributed by atoms with Gasteiger partial charge in [-0.25, -0.2) is 13.1 Å². The zero-order valence-electron chi connectivity index (χ0n) is 14.1. The van der Waals surface area contributed by atoms with Crippen LogP contribution in [0, 0.1) is 0 Å². The van der Waals surface area contributed by atoms with Crippen molar-refractivity contribution in [3.63, 3.8) is 0 Å². The molecule has 1 fully saturated rings. The molecule has 1 amide bonds. The molecule has 0 unspecified atom stereocenters. The van der Waals surface area contributed by atoms with Crippen LogP contribution in [0.3, 0.4) is 0 Å². The van der Waals surface area contributed by atoms with Crippen molar-refractivity contribution in [3.05, 3.63) is 52.9 Å². The van der Waals surface area contributed by atoms with Crippen LogP contribution < -0.4 is 4.72 Å². The standard InChI is InChI=1S/C18H22N2O3S2/c1-14(15-7-3-2-4-8-15)12-19-25(22,23)17-11-16(13-24-17)18(21)20-9-5-6-10-20/h2-4,7-8,11,13-14,19H,5-6,9-10,12H2,1H3/t14-/m1/s1. The highest BCUT2D eigenvalue weighted by atomic mass is 32.2. The minimum Gasteiger partial charge on any atom is -0.339 e. The lowest BCUT2D eigenvalue weighted by molar-refractivity contribution is 0.0793. The maximum Gasteiger partial charge on any atom is 0.254 e. The van der Waals surface area contributed by atoms with Crippen LogP contribution in [0.15, 0.2) is 46.0 Å². The number of nitrogens with one attached hydrogen (secondary N) is 1. The van der Waals surface area contributed by atoms with Crippen molar-refractivity contribution in [3.8, 4) is 0 Å². The van der Waals surface area contributed by atoms with Gasteiger partial charge in [-0.2, -0.15) is 0 Å². The predicted molar refractivity (Wildman–Crippen MR) is 99.5 cm³/mol. The van der Waals surface area contributed by atoms with Gasteiger partial charge >= 0.3 is 0 Å². The summed E-state index contributed by atoms with van der Waals surface area (Å²) in [5.74, 6) is -0.00510. The van der Waals surface area contributed by atoms with E-state index in [0.717, 1.165) is 42.8 Å². The summed E-state index contributed by atoms with van der Waals surface area (Å²) >= 11 is 1.09. The number of carbonyl (C=O) groups excluding carboxylic acids is 1. The first kappa shape index (κ1) is 18.1. The minimum absolute atomic E-state index is 0.0710. The maximum atomic E-state index is 12.5. The van der Waals surface area contributed by atoms with Gasteiger partial charge in [0.25, 0.3) is 5.91 Å². The zero-order valence-corrected chi connectivity index (χ0v) is 15.8. The van der Waals surface area contributed by atoms with Crippen LogP contribution in [0.5, 0.6) is 0 Å². The molecule has 1 aromatic heterocycles. The third-order valence-electron chi connectivity index (χ3n) is 4.43. The second-order valence-electron chi connectivity index (χ2n) is 6.32. The van der Waals surface area contributed by atoms with Gasteiger partial charge in [0.1, 0.15) is 4.21 Å². The van der Waals surface area contributed by atoms with Crippen molar-refractivity contribution in [1.82, 2.24) is 9.62 Å². The summed E-state index contributed by atoms with van der Waals surface area (Å²) in [5.41, 5.74) is 1.55.